The minimum Gasteiger partial charge on any atom is -0.326 e. The number of aromatic nitrogens is 1. The molecule has 0 bridgehead atoms. The van der Waals surface area contributed by atoms with Gasteiger partial charge in [0.25, 0.3) is 5.91 Å². The van der Waals surface area contributed by atoms with Gasteiger partial charge < -0.3 is 9.88 Å². The Labute approximate surface area is 178 Å². The number of carbonyl (C=O) groups is 2. The van der Waals surface area contributed by atoms with Crippen molar-refractivity contribution in [2.75, 3.05) is 19.4 Å². The van der Waals surface area contributed by atoms with E-state index in [0.717, 1.165) is 14.5 Å². The second-order valence-electron chi connectivity index (χ2n) is 6.72. The number of nitrogens with one attached hydrogen (secondary N) is 1. The van der Waals surface area contributed by atoms with Crippen LogP contribution in [0.15, 0.2) is 52.4 Å². The van der Waals surface area contributed by atoms with Crippen LogP contribution in [0.1, 0.15) is 24.2 Å². The molecule has 0 spiro atoms. The molecule has 0 unspecified atom stereocenters. The van der Waals surface area contributed by atoms with Gasteiger partial charge in [0.2, 0.25) is 15.9 Å². The maximum absolute atomic E-state index is 12.7. The van der Waals surface area contributed by atoms with Gasteiger partial charge >= 0.3 is 0 Å². The van der Waals surface area contributed by atoms with Gasteiger partial charge in [-0.3, -0.25) is 9.59 Å². The summed E-state index contributed by atoms with van der Waals surface area (Å²) in [4.78, 5) is 28.9. The fourth-order valence-corrected chi connectivity index (χ4v) is 4.91. The normalized spacial score (nSPS) is 12.5. The molecule has 1 aromatic heterocycles. The van der Waals surface area contributed by atoms with E-state index < -0.39 is 15.9 Å². The highest BCUT2D eigenvalue weighted by Gasteiger charge is 2.17. The number of amides is 2. The Balaban J connectivity index is 1.99. The van der Waals surface area contributed by atoms with Gasteiger partial charge in [0.15, 0.2) is 4.80 Å². The maximum atomic E-state index is 12.7. The molecule has 0 aliphatic heterocycles. The van der Waals surface area contributed by atoms with Crippen LogP contribution in [0.2, 0.25) is 0 Å². The van der Waals surface area contributed by atoms with Gasteiger partial charge in [-0.05, 0) is 49.4 Å². The summed E-state index contributed by atoms with van der Waals surface area (Å²) in [5.74, 6) is -0.617. The monoisotopic (exact) mass is 446 g/mol. The van der Waals surface area contributed by atoms with Crippen molar-refractivity contribution in [3.05, 3.63) is 52.8 Å². The molecule has 0 saturated heterocycles. The van der Waals surface area contributed by atoms with Crippen molar-refractivity contribution in [3.63, 3.8) is 0 Å². The summed E-state index contributed by atoms with van der Waals surface area (Å²) in [6, 6.07) is 11.2. The first-order valence-corrected chi connectivity index (χ1v) is 11.4. The highest BCUT2D eigenvalue weighted by Crippen LogP contribution is 2.22. The molecule has 1 heterocycles. The number of thiazole rings is 1. The van der Waals surface area contributed by atoms with Crippen LogP contribution in [0.25, 0.3) is 10.2 Å². The summed E-state index contributed by atoms with van der Waals surface area (Å²) in [7, 11) is -0.659. The topological polar surface area (TPSA) is 101 Å². The molecular formula is C20H22N4O4S2. The van der Waals surface area contributed by atoms with Crippen LogP contribution < -0.4 is 10.1 Å². The van der Waals surface area contributed by atoms with Crippen molar-refractivity contribution in [1.82, 2.24) is 8.87 Å². The van der Waals surface area contributed by atoms with Crippen molar-refractivity contribution in [3.8, 4) is 0 Å². The van der Waals surface area contributed by atoms with Crippen molar-refractivity contribution in [1.29, 1.82) is 0 Å². The lowest BCUT2D eigenvalue weighted by Crippen LogP contribution is -2.22. The molecule has 0 atom stereocenters. The maximum Gasteiger partial charge on any atom is 0.279 e. The summed E-state index contributed by atoms with van der Waals surface area (Å²) in [6.07, 6.45) is 0. The SMILES string of the molecule is CCn1c(=NC(=O)c2ccc(S(=O)(=O)N(C)C)cc2)sc2cc(NC(C)=O)ccc21. The van der Waals surface area contributed by atoms with Gasteiger partial charge in [0.05, 0.1) is 15.1 Å². The molecule has 2 aromatic carbocycles. The van der Waals surface area contributed by atoms with Crippen LogP contribution in [0.5, 0.6) is 0 Å². The number of aryl methyl sites for hydroxylation is 1. The Kier molecular flexibility index (Phi) is 6.20. The molecule has 0 saturated carbocycles. The smallest absolute Gasteiger partial charge is 0.279 e. The summed E-state index contributed by atoms with van der Waals surface area (Å²) in [5.41, 5.74) is 1.89. The molecule has 2 amide bonds. The fourth-order valence-electron chi connectivity index (χ4n) is 2.88. The molecule has 0 aliphatic carbocycles. The third-order valence-corrected chi connectivity index (χ3v) is 7.27. The fraction of sp³-hybridized carbons (Fsp3) is 0.250. The minimum absolute atomic E-state index is 0.111. The van der Waals surface area contributed by atoms with Crippen LogP contribution in [0, 0.1) is 0 Å². The number of hydrogen-bond acceptors (Lipinski definition) is 5. The molecule has 3 aromatic rings. The van der Waals surface area contributed by atoms with Crippen LogP contribution in [-0.4, -0.2) is 43.2 Å². The number of carbonyl (C=O) groups excluding carboxylic acids is 2. The average molecular weight is 447 g/mol. The quantitative estimate of drug-likeness (QED) is 0.651. The van der Waals surface area contributed by atoms with E-state index in [-0.39, 0.29) is 10.8 Å². The number of benzene rings is 2. The first kappa shape index (κ1) is 21.9. The number of hydrogen-bond donors (Lipinski definition) is 1. The van der Waals surface area contributed by atoms with Gasteiger partial charge in [-0.1, -0.05) is 11.3 Å². The van der Waals surface area contributed by atoms with E-state index in [4.69, 9.17) is 0 Å². The molecule has 3 rings (SSSR count). The Morgan fingerprint density at radius 2 is 1.80 bits per heavy atom. The van der Waals surface area contributed by atoms with E-state index >= 15 is 0 Å². The van der Waals surface area contributed by atoms with E-state index in [2.05, 4.69) is 10.3 Å². The first-order valence-electron chi connectivity index (χ1n) is 9.16. The van der Waals surface area contributed by atoms with Crippen LogP contribution in [0.3, 0.4) is 0 Å². The van der Waals surface area contributed by atoms with E-state index in [1.165, 1.54) is 56.6 Å². The van der Waals surface area contributed by atoms with Gasteiger partial charge in [-0.15, -0.1) is 0 Å². The molecule has 0 aliphatic rings. The van der Waals surface area contributed by atoms with E-state index in [9.17, 15) is 18.0 Å². The molecule has 8 nitrogen and oxygen atoms in total. The summed E-state index contributed by atoms with van der Waals surface area (Å²) in [6.45, 7) is 4.02. The van der Waals surface area contributed by atoms with Crippen molar-refractivity contribution < 1.29 is 18.0 Å². The molecule has 10 heteroatoms. The first-order chi connectivity index (χ1) is 14.1. The summed E-state index contributed by atoms with van der Waals surface area (Å²) in [5, 5.41) is 2.74. The van der Waals surface area contributed by atoms with Crippen molar-refractivity contribution in [2.24, 2.45) is 4.99 Å². The zero-order valence-corrected chi connectivity index (χ0v) is 18.7. The second-order valence-corrected chi connectivity index (χ2v) is 9.88. The standard InChI is InChI=1S/C20H22N4O4S2/c1-5-24-17-11-8-15(21-13(2)25)12-18(17)29-20(24)22-19(26)14-6-9-16(10-7-14)30(27,28)23(3)4/h6-12H,5H2,1-4H3,(H,21,25). The number of sulfonamides is 1. The average Bonchev–Trinajstić information content (AvgIpc) is 3.03. The minimum atomic E-state index is -3.56. The van der Waals surface area contributed by atoms with Crippen molar-refractivity contribution >= 4 is 49.1 Å². The summed E-state index contributed by atoms with van der Waals surface area (Å²) < 4.78 is 28.3. The molecule has 0 radical (unpaired) electrons. The highest BCUT2D eigenvalue weighted by molar-refractivity contribution is 7.89. The second kappa shape index (κ2) is 8.50. The van der Waals surface area contributed by atoms with Gasteiger partial charge in [0.1, 0.15) is 0 Å². The lowest BCUT2D eigenvalue weighted by atomic mass is 10.2. The van der Waals surface area contributed by atoms with Crippen LogP contribution in [-0.2, 0) is 21.4 Å². The molecule has 0 fully saturated rings. The van der Waals surface area contributed by atoms with E-state index in [1.807, 2.05) is 23.6 Å². The Hall–Kier alpha value is -2.82. The number of nitrogens with zero attached hydrogens (tertiary/aromatic N) is 3. The lowest BCUT2D eigenvalue weighted by molar-refractivity contribution is -0.114. The number of anilines is 1. The van der Waals surface area contributed by atoms with Crippen molar-refractivity contribution in [2.45, 2.75) is 25.3 Å². The third-order valence-electron chi connectivity index (χ3n) is 4.40. The van der Waals surface area contributed by atoms with E-state index in [0.29, 0.717) is 22.6 Å². The van der Waals surface area contributed by atoms with Crippen LogP contribution >= 0.6 is 11.3 Å². The third kappa shape index (κ3) is 4.35. The largest absolute Gasteiger partial charge is 0.326 e. The van der Waals surface area contributed by atoms with Gasteiger partial charge in [-0.2, -0.15) is 4.99 Å². The van der Waals surface area contributed by atoms with Crippen LogP contribution in [0.4, 0.5) is 5.69 Å². The zero-order chi connectivity index (χ0) is 22.1. The predicted octanol–water partition coefficient (Wildman–Crippen LogP) is 2.67. The summed E-state index contributed by atoms with van der Waals surface area (Å²) >= 11 is 1.35. The predicted molar refractivity (Wildman–Crippen MR) is 117 cm³/mol. The van der Waals surface area contributed by atoms with E-state index in [1.54, 1.807) is 6.07 Å². The number of fused-ring (bicyclic) bond motifs is 1. The Morgan fingerprint density at radius 3 is 2.37 bits per heavy atom. The molecular weight excluding hydrogens is 424 g/mol. The molecule has 30 heavy (non-hydrogen) atoms. The molecule has 158 valence electrons. The highest BCUT2D eigenvalue weighted by atomic mass is 32.2. The lowest BCUT2D eigenvalue weighted by Gasteiger charge is -2.11. The zero-order valence-electron chi connectivity index (χ0n) is 17.0. The molecule has 1 N–H and O–H groups in total. The van der Waals surface area contributed by atoms with Gasteiger partial charge in [-0.25, -0.2) is 12.7 Å². The number of rotatable bonds is 5. The Bertz CT molecular complexity index is 1290. The Morgan fingerprint density at radius 1 is 1.13 bits per heavy atom. The van der Waals surface area contributed by atoms with Gasteiger partial charge in [0, 0.05) is 38.8 Å².